The third kappa shape index (κ3) is 3.07. The predicted octanol–water partition coefficient (Wildman–Crippen LogP) is 3.04. The maximum absolute atomic E-state index is 5.68. The van der Waals surface area contributed by atoms with Crippen LogP contribution in [-0.2, 0) is 26.4 Å². The zero-order valence-corrected chi connectivity index (χ0v) is 13.3. The third-order valence-electron chi connectivity index (χ3n) is 3.50. The standard InChI is InChI=1S/C15H20BrN3/c1-10-4-5-12(11(2)8-10)6-7-13-15(16)19(3)14(9-17)18-13/h4-5,8H,6-7,9,17H2,1-3H3. The highest BCUT2D eigenvalue weighted by molar-refractivity contribution is 9.10. The summed E-state index contributed by atoms with van der Waals surface area (Å²) in [6.45, 7) is 4.76. The van der Waals surface area contributed by atoms with E-state index in [1.807, 2.05) is 11.6 Å². The number of hydrogen-bond acceptors (Lipinski definition) is 2. The molecule has 0 aliphatic carbocycles. The van der Waals surface area contributed by atoms with Gasteiger partial charge in [0.2, 0.25) is 0 Å². The van der Waals surface area contributed by atoms with E-state index in [0.29, 0.717) is 6.54 Å². The Labute approximate surface area is 123 Å². The van der Waals surface area contributed by atoms with E-state index in [9.17, 15) is 0 Å². The van der Waals surface area contributed by atoms with Crippen LogP contribution >= 0.6 is 15.9 Å². The SMILES string of the molecule is Cc1ccc(CCc2nc(CN)n(C)c2Br)c(C)c1. The molecule has 4 heteroatoms. The molecule has 0 fully saturated rings. The lowest BCUT2D eigenvalue weighted by molar-refractivity contribution is 0.781. The van der Waals surface area contributed by atoms with Crippen LogP contribution in [0.4, 0.5) is 0 Å². The minimum Gasteiger partial charge on any atom is -0.325 e. The zero-order valence-electron chi connectivity index (χ0n) is 11.7. The number of hydrogen-bond donors (Lipinski definition) is 1. The van der Waals surface area contributed by atoms with Crippen molar-refractivity contribution in [2.24, 2.45) is 12.8 Å². The summed E-state index contributed by atoms with van der Waals surface area (Å²) in [4.78, 5) is 4.58. The summed E-state index contributed by atoms with van der Waals surface area (Å²) in [6, 6.07) is 6.61. The second-order valence-corrected chi connectivity index (χ2v) is 5.71. The van der Waals surface area contributed by atoms with Gasteiger partial charge < -0.3 is 10.3 Å². The Kier molecular flexibility index (Phi) is 4.42. The Balaban J connectivity index is 2.14. The molecular weight excluding hydrogens is 302 g/mol. The van der Waals surface area contributed by atoms with E-state index < -0.39 is 0 Å². The molecule has 2 N–H and O–H groups in total. The number of halogens is 1. The molecule has 0 radical (unpaired) electrons. The monoisotopic (exact) mass is 321 g/mol. The zero-order chi connectivity index (χ0) is 14.0. The fourth-order valence-electron chi connectivity index (χ4n) is 2.30. The number of nitrogens with two attached hydrogens (primary N) is 1. The Bertz CT molecular complexity index is 587. The second kappa shape index (κ2) is 5.88. The predicted molar refractivity (Wildman–Crippen MR) is 82.1 cm³/mol. The van der Waals surface area contributed by atoms with Crippen molar-refractivity contribution >= 4 is 15.9 Å². The quantitative estimate of drug-likeness (QED) is 0.940. The van der Waals surface area contributed by atoms with E-state index in [0.717, 1.165) is 29.0 Å². The summed E-state index contributed by atoms with van der Waals surface area (Å²) < 4.78 is 3.05. The molecule has 1 aromatic carbocycles. The Morgan fingerprint density at radius 3 is 2.58 bits per heavy atom. The maximum Gasteiger partial charge on any atom is 0.123 e. The number of benzene rings is 1. The second-order valence-electron chi connectivity index (χ2n) is 4.96. The lowest BCUT2D eigenvalue weighted by Gasteiger charge is -2.06. The van der Waals surface area contributed by atoms with Gasteiger partial charge in [-0.1, -0.05) is 23.8 Å². The summed E-state index contributed by atoms with van der Waals surface area (Å²) in [6.07, 6.45) is 1.93. The van der Waals surface area contributed by atoms with Crippen LogP contribution in [0.3, 0.4) is 0 Å². The molecular formula is C15H20BrN3. The Morgan fingerprint density at radius 1 is 1.26 bits per heavy atom. The molecule has 1 heterocycles. The van der Waals surface area contributed by atoms with Crippen LogP contribution in [0.25, 0.3) is 0 Å². The molecule has 0 spiro atoms. The van der Waals surface area contributed by atoms with E-state index >= 15 is 0 Å². The largest absolute Gasteiger partial charge is 0.325 e. The first-order chi connectivity index (χ1) is 9.02. The molecule has 0 aliphatic rings. The molecule has 0 amide bonds. The van der Waals surface area contributed by atoms with Gasteiger partial charge in [-0.3, -0.25) is 0 Å². The first-order valence-electron chi connectivity index (χ1n) is 6.49. The average Bonchev–Trinajstić information content (AvgIpc) is 2.65. The van der Waals surface area contributed by atoms with Crippen molar-refractivity contribution < 1.29 is 0 Å². The highest BCUT2D eigenvalue weighted by atomic mass is 79.9. The van der Waals surface area contributed by atoms with Gasteiger partial charge in [0.1, 0.15) is 10.4 Å². The summed E-state index contributed by atoms with van der Waals surface area (Å²) in [7, 11) is 1.99. The summed E-state index contributed by atoms with van der Waals surface area (Å²) in [5, 5.41) is 0. The molecule has 19 heavy (non-hydrogen) atoms. The van der Waals surface area contributed by atoms with Crippen LogP contribution in [0.5, 0.6) is 0 Å². The van der Waals surface area contributed by atoms with Crippen molar-refractivity contribution in [3.8, 4) is 0 Å². The van der Waals surface area contributed by atoms with E-state index in [-0.39, 0.29) is 0 Å². The van der Waals surface area contributed by atoms with Gasteiger partial charge in [-0.15, -0.1) is 0 Å². The minimum atomic E-state index is 0.471. The van der Waals surface area contributed by atoms with Gasteiger partial charge in [0.15, 0.2) is 0 Å². The highest BCUT2D eigenvalue weighted by Gasteiger charge is 2.11. The van der Waals surface area contributed by atoms with Crippen molar-refractivity contribution in [1.82, 2.24) is 9.55 Å². The number of nitrogens with zero attached hydrogens (tertiary/aromatic N) is 2. The molecule has 0 bridgehead atoms. The fraction of sp³-hybridized carbons (Fsp3) is 0.400. The van der Waals surface area contributed by atoms with Crippen LogP contribution in [0.1, 0.15) is 28.2 Å². The van der Waals surface area contributed by atoms with E-state index in [1.54, 1.807) is 0 Å². The molecule has 0 aliphatic heterocycles. The maximum atomic E-state index is 5.68. The topological polar surface area (TPSA) is 43.8 Å². The molecule has 2 aromatic rings. The van der Waals surface area contributed by atoms with Gasteiger partial charge in [-0.25, -0.2) is 4.98 Å². The molecule has 3 nitrogen and oxygen atoms in total. The summed E-state index contributed by atoms with van der Waals surface area (Å²) >= 11 is 3.59. The first-order valence-corrected chi connectivity index (χ1v) is 7.28. The van der Waals surface area contributed by atoms with E-state index in [1.165, 1.54) is 16.7 Å². The van der Waals surface area contributed by atoms with Gasteiger partial charge in [0, 0.05) is 7.05 Å². The molecule has 0 atom stereocenters. The first kappa shape index (κ1) is 14.3. The number of rotatable bonds is 4. The van der Waals surface area contributed by atoms with Crippen molar-refractivity contribution in [3.05, 3.63) is 51.0 Å². The van der Waals surface area contributed by atoms with Crippen LogP contribution in [0.15, 0.2) is 22.8 Å². The molecule has 0 saturated carbocycles. The molecule has 102 valence electrons. The van der Waals surface area contributed by atoms with Gasteiger partial charge >= 0.3 is 0 Å². The van der Waals surface area contributed by atoms with Gasteiger partial charge in [0.05, 0.1) is 12.2 Å². The minimum absolute atomic E-state index is 0.471. The lowest BCUT2D eigenvalue weighted by Crippen LogP contribution is -2.04. The molecule has 0 saturated heterocycles. The van der Waals surface area contributed by atoms with Crippen molar-refractivity contribution in [2.45, 2.75) is 33.2 Å². The third-order valence-corrected chi connectivity index (χ3v) is 4.49. The van der Waals surface area contributed by atoms with Crippen molar-refractivity contribution in [2.75, 3.05) is 0 Å². The van der Waals surface area contributed by atoms with Gasteiger partial charge in [-0.2, -0.15) is 0 Å². The summed E-state index contributed by atoms with van der Waals surface area (Å²) in [5.41, 5.74) is 10.8. The smallest absolute Gasteiger partial charge is 0.123 e. The number of aromatic nitrogens is 2. The van der Waals surface area contributed by atoms with Crippen LogP contribution in [0, 0.1) is 13.8 Å². The Hall–Kier alpha value is -1.13. The van der Waals surface area contributed by atoms with Gasteiger partial charge in [0.25, 0.3) is 0 Å². The molecule has 1 aromatic heterocycles. The van der Waals surface area contributed by atoms with Gasteiger partial charge in [-0.05, 0) is 53.7 Å². The average molecular weight is 322 g/mol. The number of aryl methyl sites for hydroxylation is 4. The van der Waals surface area contributed by atoms with Crippen LogP contribution in [-0.4, -0.2) is 9.55 Å². The molecule has 0 unspecified atom stereocenters. The van der Waals surface area contributed by atoms with E-state index in [2.05, 4.69) is 53.0 Å². The Morgan fingerprint density at radius 2 is 2.00 bits per heavy atom. The normalized spacial score (nSPS) is 11.0. The lowest BCUT2D eigenvalue weighted by atomic mass is 10.0. The van der Waals surface area contributed by atoms with E-state index in [4.69, 9.17) is 5.73 Å². The van der Waals surface area contributed by atoms with Crippen molar-refractivity contribution in [1.29, 1.82) is 0 Å². The van der Waals surface area contributed by atoms with Crippen molar-refractivity contribution in [3.63, 3.8) is 0 Å². The fourth-order valence-corrected chi connectivity index (χ4v) is 2.80. The summed E-state index contributed by atoms with van der Waals surface area (Å²) in [5.74, 6) is 0.919. The van der Waals surface area contributed by atoms with Crippen LogP contribution in [0.2, 0.25) is 0 Å². The number of imidazole rings is 1. The molecule has 2 rings (SSSR count). The van der Waals surface area contributed by atoms with Crippen LogP contribution < -0.4 is 5.73 Å². The highest BCUT2D eigenvalue weighted by Crippen LogP contribution is 2.20.